The SMILES string of the molecule is CCCCCCC1=C(c2cccc(CCCC)c2)[N+](=[N-])C(c2cccc(CCCC)c2)=C1. The van der Waals surface area contributed by atoms with Gasteiger partial charge in [-0.1, -0.05) is 77.1 Å². The Balaban J connectivity index is 1.91. The van der Waals surface area contributed by atoms with Gasteiger partial charge in [0, 0.05) is 22.8 Å². The number of allylic oxidation sites excluding steroid dienone is 2. The van der Waals surface area contributed by atoms with Crippen LogP contribution in [0.5, 0.6) is 0 Å². The maximum atomic E-state index is 11.4. The molecule has 1 aliphatic heterocycles. The molecule has 1 heterocycles. The van der Waals surface area contributed by atoms with Gasteiger partial charge in [0.15, 0.2) is 0 Å². The number of hydrogen-bond donors (Lipinski definition) is 0. The minimum absolute atomic E-state index is 0.905. The molecule has 3 rings (SSSR count). The molecule has 0 saturated heterocycles. The van der Waals surface area contributed by atoms with Crippen molar-refractivity contribution in [2.45, 2.75) is 91.4 Å². The van der Waals surface area contributed by atoms with Gasteiger partial charge in [0.05, 0.1) is 0 Å². The molecule has 0 N–H and O–H groups in total. The Morgan fingerprint density at radius 1 is 0.656 bits per heavy atom. The van der Waals surface area contributed by atoms with Crippen molar-refractivity contribution in [3.8, 4) is 0 Å². The molecule has 0 radical (unpaired) electrons. The Morgan fingerprint density at radius 2 is 1.25 bits per heavy atom. The first kappa shape index (κ1) is 24.2. The van der Waals surface area contributed by atoms with Gasteiger partial charge < -0.3 is 5.53 Å². The van der Waals surface area contributed by atoms with Gasteiger partial charge in [0.25, 0.3) is 0 Å². The van der Waals surface area contributed by atoms with E-state index in [1.165, 1.54) is 66.3 Å². The molecule has 170 valence electrons. The van der Waals surface area contributed by atoms with Crippen LogP contribution in [-0.2, 0) is 12.8 Å². The Morgan fingerprint density at radius 3 is 1.88 bits per heavy atom. The quantitative estimate of drug-likeness (QED) is 0.224. The van der Waals surface area contributed by atoms with Gasteiger partial charge in [-0.05, 0) is 73.9 Å². The summed E-state index contributed by atoms with van der Waals surface area (Å²) >= 11 is 0. The Labute approximate surface area is 195 Å². The van der Waals surface area contributed by atoms with E-state index in [9.17, 15) is 5.53 Å². The molecule has 0 saturated carbocycles. The first-order valence-corrected chi connectivity index (χ1v) is 12.8. The lowest BCUT2D eigenvalue weighted by Gasteiger charge is -2.11. The van der Waals surface area contributed by atoms with Crippen LogP contribution in [0.3, 0.4) is 0 Å². The molecule has 2 nitrogen and oxygen atoms in total. The van der Waals surface area contributed by atoms with Crippen molar-refractivity contribution >= 4 is 11.4 Å². The van der Waals surface area contributed by atoms with Crippen molar-refractivity contribution in [2.24, 2.45) is 0 Å². The highest BCUT2D eigenvalue weighted by Crippen LogP contribution is 2.38. The normalized spacial score (nSPS) is 13.7. The second-order valence-electron chi connectivity index (χ2n) is 9.13. The summed E-state index contributed by atoms with van der Waals surface area (Å²) < 4.78 is 1.45. The molecule has 0 atom stereocenters. The van der Waals surface area contributed by atoms with E-state index in [0.717, 1.165) is 48.2 Å². The molecule has 2 aromatic rings. The van der Waals surface area contributed by atoms with Gasteiger partial charge in [-0.3, -0.25) is 0 Å². The van der Waals surface area contributed by atoms with E-state index in [1.807, 2.05) is 0 Å². The number of benzene rings is 2. The molecule has 0 fully saturated rings. The summed E-state index contributed by atoms with van der Waals surface area (Å²) in [6.07, 6.45) is 15.1. The number of hydrogen-bond acceptors (Lipinski definition) is 0. The predicted molar refractivity (Wildman–Crippen MR) is 137 cm³/mol. The van der Waals surface area contributed by atoms with Crippen LogP contribution in [0.4, 0.5) is 0 Å². The molecule has 0 spiro atoms. The van der Waals surface area contributed by atoms with Crippen molar-refractivity contribution < 1.29 is 4.70 Å². The molecule has 2 aromatic carbocycles. The maximum Gasteiger partial charge on any atom is 0.210 e. The third kappa shape index (κ3) is 6.28. The summed E-state index contributed by atoms with van der Waals surface area (Å²) in [7, 11) is 0. The average Bonchev–Trinajstić information content (AvgIpc) is 3.15. The van der Waals surface area contributed by atoms with E-state index in [1.54, 1.807) is 0 Å². The standard InChI is InChI=1S/C30H40N2/c1-4-7-10-11-18-28-23-29(26-19-12-16-24(21-26)14-8-5-2)32(31)30(28)27-20-13-17-25(22-27)15-9-6-3/h12-13,16-17,19-23H,4-11,14-15,18H2,1-3H3. The Bertz CT molecular complexity index is 964. The van der Waals surface area contributed by atoms with Crippen LogP contribution in [-0.4, -0.2) is 4.70 Å². The summed E-state index contributed by atoms with van der Waals surface area (Å²) in [5.74, 6) is 0. The van der Waals surface area contributed by atoms with Crippen molar-refractivity contribution in [1.29, 1.82) is 0 Å². The largest absolute Gasteiger partial charge is 0.493 e. The first-order valence-electron chi connectivity index (χ1n) is 12.8. The number of unbranched alkanes of at least 4 members (excludes halogenated alkanes) is 5. The van der Waals surface area contributed by atoms with Gasteiger partial charge in [-0.2, -0.15) is 0 Å². The number of nitrogens with zero attached hydrogens (tertiary/aromatic N) is 2. The summed E-state index contributed by atoms with van der Waals surface area (Å²) in [4.78, 5) is 0. The van der Waals surface area contributed by atoms with E-state index in [2.05, 4.69) is 75.4 Å². The highest BCUT2D eigenvalue weighted by molar-refractivity contribution is 5.78. The molecular weight excluding hydrogens is 388 g/mol. The van der Waals surface area contributed by atoms with E-state index in [-0.39, 0.29) is 0 Å². The second-order valence-corrected chi connectivity index (χ2v) is 9.13. The Hall–Kier alpha value is -2.48. The molecule has 0 amide bonds. The van der Waals surface area contributed by atoms with Gasteiger partial charge in [0.1, 0.15) is 0 Å². The van der Waals surface area contributed by atoms with E-state index in [4.69, 9.17) is 0 Å². The van der Waals surface area contributed by atoms with Crippen LogP contribution in [0, 0.1) is 0 Å². The van der Waals surface area contributed by atoms with Crippen LogP contribution in [0.15, 0.2) is 60.2 Å². The second kappa shape index (κ2) is 12.5. The molecular formula is C30H40N2. The van der Waals surface area contributed by atoms with E-state index >= 15 is 0 Å². The molecule has 0 aliphatic carbocycles. The molecule has 32 heavy (non-hydrogen) atoms. The smallest absolute Gasteiger partial charge is 0.210 e. The average molecular weight is 429 g/mol. The van der Waals surface area contributed by atoms with Crippen LogP contribution in [0.1, 0.15) is 101 Å². The molecule has 0 aromatic heterocycles. The number of rotatable bonds is 13. The zero-order valence-electron chi connectivity index (χ0n) is 20.4. The monoisotopic (exact) mass is 428 g/mol. The van der Waals surface area contributed by atoms with Crippen molar-refractivity contribution in [2.75, 3.05) is 0 Å². The lowest BCUT2D eigenvalue weighted by Crippen LogP contribution is -2.03. The van der Waals surface area contributed by atoms with Crippen molar-refractivity contribution in [3.63, 3.8) is 0 Å². The highest BCUT2D eigenvalue weighted by atomic mass is 15.2. The topological polar surface area (TPSA) is 25.3 Å². The minimum Gasteiger partial charge on any atom is -0.493 e. The molecule has 2 heteroatoms. The van der Waals surface area contributed by atoms with E-state index in [0.29, 0.717) is 0 Å². The third-order valence-electron chi connectivity index (χ3n) is 6.42. The fourth-order valence-corrected chi connectivity index (χ4v) is 4.52. The lowest BCUT2D eigenvalue weighted by atomic mass is 9.99. The van der Waals surface area contributed by atoms with Crippen LogP contribution in [0.25, 0.3) is 16.9 Å². The van der Waals surface area contributed by atoms with Crippen molar-refractivity contribution in [3.05, 3.63) is 88.0 Å². The summed E-state index contributed by atoms with van der Waals surface area (Å²) in [5, 5.41) is 0. The zero-order valence-corrected chi connectivity index (χ0v) is 20.4. The van der Waals surface area contributed by atoms with Crippen LogP contribution < -0.4 is 0 Å². The summed E-state index contributed by atoms with van der Waals surface area (Å²) in [5.41, 5.74) is 19.4. The Kier molecular flexibility index (Phi) is 9.46. The maximum absolute atomic E-state index is 11.4. The van der Waals surface area contributed by atoms with Gasteiger partial charge in [-0.25, -0.2) is 4.70 Å². The zero-order chi connectivity index (χ0) is 22.8. The third-order valence-corrected chi connectivity index (χ3v) is 6.42. The summed E-state index contributed by atoms with van der Waals surface area (Å²) in [6.45, 7) is 6.72. The number of aryl methyl sites for hydroxylation is 2. The highest BCUT2D eigenvalue weighted by Gasteiger charge is 2.28. The van der Waals surface area contributed by atoms with Gasteiger partial charge in [-0.15, -0.1) is 0 Å². The lowest BCUT2D eigenvalue weighted by molar-refractivity contribution is -0.344. The fourth-order valence-electron chi connectivity index (χ4n) is 4.52. The molecule has 0 bridgehead atoms. The van der Waals surface area contributed by atoms with Crippen molar-refractivity contribution in [1.82, 2.24) is 0 Å². The fraction of sp³-hybridized carbons (Fsp3) is 0.467. The first-order chi connectivity index (χ1) is 15.7. The van der Waals surface area contributed by atoms with Gasteiger partial charge >= 0.3 is 0 Å². The molecule has 0 unspecified atom stereocenters. The minimum atomic E-state index is 0.905. The van der Waals surface area contributed by atoms with Crippen LogP contribution in [0.2, 0.25) is 0 Å². The molecule has 1 aliphatic rings. The van der Waals surface area contributed by atoms with Crippen LogP contribution >= 0.6 is 0 Å². The van der Waals surface area contributed by atoms with E-state index < -0.39 is 0 Å². The van der Waals surface area contributed by atoms with Gasteiger partial charge in [0.2, 0.25) is 11.4 Å². The predicted octanol–water partition coefficient (Wildman–Crippen LogP) is 9.14. The summed E-state index contributed by atoms with van der Waals surface area (Å²) in [6, 6.07) is 17.5.